The highest BCUT2D eigenvalue weighted by molar-refractivity contribution is 5.95. The monoisotopic (exact) mass is 415 g/mol. The maximum Gasteiger partial charge on any atom is 0.326 e. The number of likely N-dealkylation sites (tertiary alicyclic amines) is 1. The number of hydrogen-bond donors (Lipinski definition) is 6. The summed E-state index contributed by atoms with van der Waals surface area (Å²) in [7, 11) is 0. The minimum atomic E-state index is -1.54. The van der Waals surface area contributed by atoms with Crippen LogP contribution in [0.1, 0.15) is 32.1 Å². The standard InChI is InChI=1S/C16H25N5O8/c17-7-12(23)19-8(3-4-13(24)25)15(27)21-5-1-2-10(21)14(26)20-9(16(28)29)6-11(18)22/h8-10H,1-7,17H2,(H2,18,22)(H,19,23)(H,20,26)(H,24,25)(H,28,29). The van der Waals surface area contributed by atoms with E-state index in [1.165, 1.54) is 0 Å². The van der Waals surface area contributed by atoms with Gasteiger partial charge in [-0.2, -0.15) is 0 Å². The molecule has 0 saturated carbocycles. The zero-order chi connectivity index (χ0) is 22.1. The van der Waals surface area contributed by atoms with Crippen LogP contribution in [0.3, 0.4) is 0 Å². The number of aliphatic carboxylic acids is 2. The lowest BCUT2D eigenvalue weighted by atomic mass is 10.1. The fraction of sp³-hybridized carbons (Fsp3) is 0.625. The summed E-state index contributed by atoms with van der Waals surface area (Å²) in [6.07, 6.45) is -0.545. The summed E-state index contributed by atoms with van der Waals surface area (Å²) in [4.78, 5) is 71.1. The van der Waals surface area contributed by atoms with Crippen LogP contribution in [0.4, 0.5) is 0 Å². The van der Waals surface area contributed by atoms with Gasteiger partial charge in [0.2, 0.25) is 23.6 Å². The number of nitrogens with zero attached hydrogens (tertiary/aromatic N) is 1. The molecule has 1 aliphatic heterocycles. The number of amides is 4. The number of carbonyl (C=O) groups is 6. The van der Waals surface area contributed by atoms with Crippen molar-refractivity contribution in [3.8, 4) is 0 Å². The Labute approximate surface area is 165 Å². The predicted octanol–water partition coefficient (Wildman–Crippen LogP) is -3.27. The van der Waals surface area contributed by atoms with Gasteiger partial charge in [-0.3, -0.25) is 24.0 Å². The van der Waals surface area contributed by atoms with Crippen LogP contribution in [0, 0.1) is 0 Å². The Bertz CT molecular complexity index is 682. The molecule has 4 amide bonds. The lowest BCUT2D eigenvalue weighted by molar-refractivity contribution is -0.146. The predicted molar refractivity (Wildman–Crippen MR) is 96.0 cm³/mol. The van der Waals surface area contributed by atoms with Gasteiger partial charge in [-0.25, -0.2) is 4.79 Å². The molecule has 1 fully saturated rings. The SMILES string of the molecule is NCC(=O)NC(CCC(=O)O)C(=O)N1CCCC1C(=O)NC(CC(N)=O)C(=O)O. The smallest absolute Gasteiger partial charge is 0.326 e. The number of nitrogens with one attached hydrogen (secondary N) is 2. The average molecular weight is 415 g/mol. The first-order chi connectivity index (χ1) is 13.6. The molecule has 0 aromatic carbocycles. The molecule has 1 heterocycles. The van der Waals surface area contributed by atoms with Gasteiger partial charge >= 0.3 is 11.9 Å². The van der Waals surface area contributed by atoms with E-state index in [0.29, 0.717) is 6.42 Å². The normalized spacial score (nSPS) is 17.8. The number of hydrogen-bond acceptors (Lipinski definition) is 7. The summed E-state index contributed by atoms with van der Waals surface area (Å²) >= 11 is 0. The largest absolute Gasteiger partial charge is 0.481 e. The number of carboxylic acids is 2. The Hall–Kier alpha value is -3.22. The van der Waals surface area contributed by atoms with Gasteiger partial charge in [0.05, 0.1) is 13.0 Å². The van der Waals surface area contributed by atoms with Crippen LogP contribution in [0.2, 0.25) is 0 Å². The van der Waals surface area contributed by atoms with E-state index in [2.05, 4.69) is 10.6 Å². The van der Waals surface area contributed by atoms with E-state index in [-0.39, 0.29) is 19.4 Å². The Morgan fingerprint density at radius 1 is 1.07 bits per heavy atom. The molecule has 29 heavy (non-hydrogen) atoms. The molecule has 0 spiro atoms. The van der Waals surface area contributed by atoms with Crippen LogP contribution in [0.25, 0.3) is 0 Å². The van der Waals surface area contributed by atoms with Crippen LogP contribution in [0.5, 0.6) is 0 Å². The van der Waals surface area contributed by atoms with E-state index in [1.807, 2.05) is 0 Å². The third-order valence-electron chi connectivity index (χ3n) is 4.32. The van der Waals surface area contributed by atoms with Gasteiger partial charge in [0.1, 0.15) is 18.1 Å². The van der Waals surface area contributed by atoms with Crippen molar-refractivity contribution >= 4 is 35.6 Å². The molecule has 3 atom stereocenters. The highest BCUT2D eigenvalue weighted by Gasteiger charge is 2.39. The van der Waals surface area contributed by atoms with Gasteiger partial charge in [-0.15, -0.1) is 0 Å². The minimum Gasteiger partial charge on any atom is -0.481 e. The maximum absolute atomic E-state index is 12.8. The Kier molecular flexibility index (Phi) is 8.99. The molecule has 0 aromatic rings. The zero-order valence-corrected chi connectivity index (χ0v) is 15.6. The van der Waals surface area contributed by atoms with Gasteiger partial charge < -0.3 is 37.2 Å². The molecule has 13 nitrogen and oxygen atoms in total. The van der Waals surface area contributed by atoms with Crippen molar-refractivity contribution in [2.24, 2.45) is 11.5 Å². The van der Waals surface area contributed by atoms with Crippen LogP contribution in [-0.4, -0.2) is 81.9 Å². The summed E-state index contributed by atoms with van der Waals surface area (Å²) in [6.45, 7) is -0.249. The molecule has 1 aliphatic rings. The van der Waals surface area contributed by atoms with Gasteiger partial charge in [0.25, 0.3) is 0 Å². The lowest BCUT2D eigenvalue weighted by Crippen LogP contribution is -2.56. The second-order valence-corrected chi connectivity index (χ2v) is 6.52. The Morgan fingerprint density at radius 2 is 1.72 bits per heavy atom. The molecule has 162 valence electrons. The molecule has 0 aliphatic carbocycles. The molecule has 13 heteroatoms. The summed E-state index contributed by atoms with van der Waals surface area (Å²) < 4.78 is 0. The highest BCUT2D eigenvalue weighted by Crippen LogP contribution is 2.20. The summed E-state index contributed by atoms with van der Waals surface area (Å²) in [5.41, 5.74) is 10.2. The Balaban J connectivity index is 2.92. The molecule has 0 radical (unpaired) electrons. The van der Waals surface area contributed by atoms with Crippen molar-refractivity contribution in [2.75, 3.05) is 13.1 Å². The summed E-state index contributed by atoms with van der Waals surface area (Å²) in [6, 6.07) is -3.77. The van der Waals surface area contributed by atoms with Gasteiger partial charge in [-0.05, 0) is 19.3 Å². The summed E-state index contributed by atoms with van der Waals surface area (Å²) in [5.74, 6) is -5.67. The maximum atomic E-state index is 12.8. The molecular weight excluding hydrogens is 390 g/mol. The second kappa shape index (κ2) is 10.9. The third-order valence-corrected chi connectivity index (χ3v) is 4.32. The van der Waals surface area contributed by atoms with E-state index in [4.69, 9.17) is 21.7 Å². The molecule has 3 unspecified atom stereocenters. The van der Waals surface area contributed by atoms with Crippen LogP contribution >= 0.6 is 0 Å². The van der Waals surface area contributed by atoms with E-state index >= 15 is 0 Å². The van der Waals surface area contributed by atoms with E-state index in [1.54, 1.807) is 0 Å². The molecule has 0 bridgehead atoms. The first-order valence-electron chi connectivity index (χ1n) is 8.90. The first-order valence-corrected chi connectivity index (χ1v) is 8.90. The number of rotatable bonds is 11. The van der Waals surface area contributed by atoms with E-state index in [0.717, 1.165) is 4.90 Å². The van der Waals surface area contributed by atoms with Crippen LogP contribution < -0.4 is 22.1 Å². The third kappa shape index (κ3) is 7.37. The fourth-order valence-corrected chi connectivity index (χ4v) is 2.95. The average Bonchev–Trinajstić information content (AvgIpc) is 3.12. The molecular formula is C16H25N5O8. The number of carboxylic acid groups (broad SMARTS) is 2. The van der Waals surface area contributed by atoms with Crippen LogP contribution in [0.15, 0.2) is 0 Å². The Morgan fingerprint density at radius 3 is 2.24 bits per heavy atom. The molecule has 0 aromatic heterocycles. The van der Waals surface area contributed by atoms with Gasteiger partial charge in [0.15, 0.2) is 0 Å². The zero-order valence-electron chi connectivity index (χ0n) is 15.6. The number of carbonyl (C=O) groups excluding carboxylic acids is 4. The number of nitrogens with two attached hydrogens (primary N) is 2. The van der Waals surface area contributed by atoms with Gasteiger partial charge in [0, 0.05) is 13.0 Å². The van der Waals surface area contributed by atoms with Crippen molar-refractivity contribution in [3.05, 3.63) is 0 Å². The van der Waals surface area contributed by atoms with Crippen molar-refractivity contribution in [2.45, 2.75) is 50.2 Å². The van der Waals surface area contributed by atoms with E-state index < -0.39 is 73.1 Å². The molecule has 8 N–H and O–H groups in total. The van der Waals surface area contributed by atoms with Gasteiger partial charge in [-0.1, -0.05) is 0 Å². The van der Waals surface area contributed by atoms with Crippen molar-refractivity contribution < 1.29 is 39.0 Å². The van der Waals surface area contributed by atoms with Crippen molar-refractivity contribution in [1.82, 2.24) is 15.5 Å². The topological polar surface area (TPSA) is 222 Å². The van der Waals surface area contributed by atoms with Crippen LogP contribution in [-0.2, 0) is 28.8 Å². The van der Waals surface area contributed by atoms with E-state index in [9.17, 15) is 28.8 Å². The second-order valence-electron chi connectivity index (χ2n) is 6.52. The molecule has 1 rings (SSSR count). The van der Waals surface area contributed by atoms with Crippen molar-refractivity contribution in [1.29, 1.82) is 0 Å². The highest BCUT2D eigenvalue weighted by atomic mass is 16.4. The number of primary amides is 1. The van der Waals surface area contributed by atoms with Crippen molar-refractivity contribution in [3.63, 3.8) is 0 Å². The summed E-state index contributed by atoms with van der Waals surface area (Å²) in [5, 5.41) is 22.5. The lowest BCUT2D eigenvalue weighted by Gasteiger charge is -2.29. The fourth-order valence-electron chi connectivity index (χ4n) is 2.95. The quantitative estimate of drug-likeness (QED) is 0.199. The first kappa shape index (κ1) is 23.8. The molecule has 1 saturated heterocycles. The minimum absolute atomic E-state index is 0.159.